The molecule has 10 nitrogen and oxygen atoms in total. The van der Waals surface area contributed by atoms with Crippen LogP contribution in [0.4, 0.5) is 0 Å². The minimum Gasteiger partial charge on any atom is -0.478 e. The Bertz CT molecular complexity index is 964. The number of aryl methyl sites for hydroxylation is 1. The van der Waals surface area contributed by atoms with Gasteiger partial charge in [0.05, 0.1) is 5.56 Å². The number of carboxylic acid groups (broad SMARTS) is 1. The van der Waals surface area contributed by atoms with Crippen LogP contribution >= 0.6 is 0 Å². The fourth-order valence-electron chi connectivity index (χ4n) is 2.55. The van der Waals surface area contributed by atoms with Gasteiger partial charge in [0.25, 0.3) is 5.91 Å². The van der Waals surface area contributed by atoms with Crippen LogP contribution in [0.3, 0.4) is 0 Å². The number of nitrogens with one attached hydrogen (secondary N) is 2. The summed E-state index contributed by atoms with van der Waals surface area (Å²) in [6, 6.07) is 3.89. The van der Waals surface area contributed by atoms with Gasteiger partial charge in [-0.1, -0.05) is 19.0 Å². The van der Waals surface area contributed by atoms with E-state index in [0.717, 1.165) is 0 Å². The van der Waals surface area contributed by atoms with E-state index in [9.17, 15) is 14.7 Å². The van der Waals surface area contributed by atoms with Crippen molar-refractivity contribution in [1.82, 2.24) is 30.6 Å². The van der Waals surface area contributed by atoms with Crippen LogP contribution in [0.25, 0.3) is 11.6 Å². The number of H-pyrrole nitrogens is 1. The van der Waals surface area contributed by atoms with Crippen LogP contribution in [-0.4, -0.2) is 42.3 Å². The van der Waals surface area contributed by atoms with Gasteiger partial charge >= 0.3 is 5.97 Å². The number of aromatic nitrogens is 5. The third-order valence-corrected chi connectivity index (χ3v) is 3.87. The van der Waals surface area contributed by atoms with Crippen LogP contribution in [0.15, 0.2) is 29.0 Å². The quantitative estimate of drug-likeness (QED) is 0.597. The molecule has 3 rings (SSSR count). The van der Waals surface area contributed by atoms with Crippen LogP contribution in [0, 0.1) is 12.8 Å². The van der Waals surface area contributed by atoms with Crippen LogP contribution in [-0.2, 0) is 0 Å². The van der Waals surface area contributed by atoms with E-state index in [1.54, 1.807) is 13.0 Å². The predicted molar refractivity (Wildman–Crippen MR) is 92.9 cm³/mol. The van der Waals surface area contributed by atoms with E-state index in [2.05, 4.69) is 30.6 Å². The molecule has 0 aliphatic heterocycles. The van der Waals surface area contributed by atoms with Crippen LogP contribution in [0.2, 0.25) is 0 Å². The lowest BCUT2D eigenvalue weighted by Gasteiger charge is -2.18. The Morgan fingerprint density at radius 1 is 1.22 bits per heavy atom. The van der Waals surface area contributed by atoms with Gasteiger partial charge in [-0.3, -0.25) is 9.89 Å². The van der Waals surface area contributed by atoms with Crippen molar-refractivity contribution in [3.8, 4) is 11.6 Å². The number of carboxylic acids is 1. The predicted octanol–water partition coefficient (Wildman–Crippen LogP) is 1.99. The number of hydrogen-bond acceptors (Lipinski definition) is 7. The maximum Gasteiger partial charge on any atom is 0.335 e. The topological polar surface area (TPSA) is 147 Å². The number of benzene rings is 1. The first-order valence-corrected chi connectivity index (χ1v) is 8.20. The Kier molecular flexibility index (Phi) is 4.97. The molecule has 3 N–H and O–H groups in total. The minimum atomic E-state index is -1.10. The summed E-state index contributed by atoms with van der Waals surface area (Å²) in [7, 11) is 0. The van der Waals surface area contributed by atoms with Crippen molar-refractivity contribution >= 4 is 11.9 Å². The summed E-state index contributed by atoms with van der Waals surface area (Å²) in [6.45, 7) is 5.51. The van der Waals surface area contributed by atoms with E-state index < -0.39 is 17.9 Å². The molecule has 10 heteroatoms. The monoisotopic (exact) mass is 370 g/mol. The zero-order valence-electron chi connectivity index (χ0n) is 14.9. The second kappa shape index (κ2) is 7.36. The summed E-state index contributed by atoms with van der Waals surface area (Å²) < 4.78 is 5.28. The first kappa shape index (κ1) is 18.2. The molecule has 27 heavy (non-hydrogen) atoms. The van der Waals surface area contributed by atoms with Gasteiger partial charge in [-0.2, -0.15) is 10.1 Å². The summed E-state index contributed by atoms with van der Waals surface area (Å²) in [6.07, 6.45) is 1.32. The van der Waals surface area contributed by atoms with E-state index in [-0.39, 0.29) is 28.8 Å². The largest absolute Gasteiger partial charge is 0.478 e. The zero-order chi connectivity index (χ0) is 19.6. The van der Waals surface area contributed by atoms with E-state index >= 15 is 0 Å². The number of carbonyl (C=O) groups excluding carboxylic acids is 1. The van der Waals surface area contributed by atoms with Gasteiger partial charge in [-0.25, -0.2) is 9.78 Å². The van der Waals surface area contributed by atoms with Crippen molar-refractivity contribution in [2.45, 2.75) is 26.8 Å². The fourth-order valence-corrected chi connectivity index (χ4v) is 2.55. The molecule has 0 aliphatic carbocycles. The molecular formula is C17H18N6O4. The Hall–Kier alpha value is -3.56. The SMILES string of the molecule is Cc1cc(C(=O)O)cc(C(=O)NC(c2nc(-c3ncn[nH]3)no2)C(C)C)c1. The number of amides is 1. The van der Waals surface area contributed by atoms with Crippen molar-refractivity contribution in [2.75, 3.05) is 0 Å². The normalized spacial score (nSPS) is 12.1. The molecule has 1 aromatic carbocycles. The van der Waals surface area contributed by atoms with E-state index in [1.807, 2.05) is 13.8 Å². The molecule has 0 aliphatic rings. The lowest BCUT2D eigenvalue weighted by Crippen LogP contribution is -2.32. The summed E-state index contributed by atoms with van der Waals surface area (Å²) in [5, 5.41) is 22.2. The summed E-state index contributed by atoms with van der Waals surface area (Å²) >= 11 is 0. The molecule has 0 radical (unpaired) electrons. The third kappa shape index (κ3) is 4.00. The maximum atomic E-state index is 12.7. The fraction of sp³-hybridized carbons (Fsp3) is 0.294. The molecule has 1 amide bonds. The van der Waals surface area contributed by atoms with Crippen molar-refractivity contribution in [3.63, 3.8) is 0 Å². The molecule has 3 aromatic rings. The minimum absolute atomic E-state index is 0.0478. The molecule has 0 fully saturated rings. The molecular weight excluding hydrogens is 352 g/mol. The van der Waals surface area contributed by atoms with E-state index in [1.165, 1.54) is 18.5 Å². The van der Waals surface area contributed by atoms with E-state index in [0.29, 0.717) is 11.4 Å². The first-order valence-electron chi connectivity index (χ1n) is 8.20. The lowest BCUT2D eigenvalue weighted by molar-refractivity contribution is 0.0696. The molecule has 0 spiro atoms. The average molecular weight is 370 g/mol. The molecule has 140 valence electrons. The van der Waals surface area contributed by atoms with Crippen molar-refractivity contribution in [3.05, 3.63) is 47.1 Å². The number of aromatic amines is 1. The molecule has 1 atom stereocenters. The van der Waals surface area contributed by atoms with Gasteiger partial charge in [0, 0.05) is 5.56 Å². The Balaban J connectivity index is 1.85. The Labute approximate surface area is 154 Å². The molecule has 0 bridgehead atoms. The summed E-state index contributed by atoms with van der Waals surface area (Å²) in [5.74, 6) is -0.785. The average Bonchev–Trinajstić information content (AvgIpc) is 3.29. The molecule has 1 unspecified atom stereocenters. The Morgan fingerprint density at radius 2 is 1.96 bits per heavy atom. The highest BCUT2D eigenvalue weighted by molar-refractivity contribution is 5.98. The molecule has 2 aromatic heterocycles. The second-order valence-corrected chi connectivity index (χ2v) is 6.38. The van der Waals surface area contributed by atoms with Gasteiger partial charge in [-0.05, 0) is 36.6 Å². The number of hydrogen-bond donors (Lipinski definition) is 3. The van der Waals surface area contributed by atoms with Crippen molar-refractivity contribution < 1.29 is 19.2 Å². The zero-order valence-corrected chi connectivity index (χ0v) is 14.9. The standard InChI is InChI=1S/C17H18N6O4/c1-8(2)12(16-21-14(23-27-16)13-18-7-19-22-13)20-15(24)10-4-9(3)5-11(6-10)17(25)26/h4-8,12H,1-3H3,(H,20,24)(H,25,26)(H,18,19,22). The molecule has 0 saturated carbocycles. The number of carbonyl (C=O) groups is 2. The van der Waals surface area contributed by atoms with E-state index in [4.69, 9.17) is 4.52 Å². The third-order valence-electron chi connectivity index (χ3n) is 3.87. The highest BCUT2D eigenvalue weighted by Crippen LogP contribution is 2.23. The number of aromatic carboxylic acids is 1. The van der Waals surface area contributed by atoms with Gasteiger partial charge in [-0.15, -0.1) is 0 Å². The summed E-state index contributed by atoms with van der Waals surface area (Å²) in [5.41, 5.74) is 0.964. The van der Waals surface area contributed by atoms with Crippen molar-refractivity contribution in [1.29, 1.82) is 0 Å². The second-order valence-electron chi connectivity index (χ2n) is 6.38. The van der Waals surface area contributed by atoms with Gasteiger partial charge in [0.2, 0.25) is 11.7 Å². The molecule has 0 saturated heterocycles. The summed E-state index contributed by atoms with van der Waals surface area (Å²) in [4.78, 5) is 32.1. The van der Waals surface area contributed by atoms with Gasteiger partial charge in [0.15, 0.2) is 5.82 Å². The number of rotatable bonds is 6. The van der Waals surface area contributed by atoms with Crippen LogP contribution < -0.4 is 5.32 Å². The first-order chi connectivity index (χ1) is 12.8. The van der Waals surface area contributed by atoms with Crippen LogP contribution in [0.5, 0.6) is 0 Å². The van der Waals surface area contributed by atoms with Crippen LogP contribution in [0.1, 0.15) is 52.1 Å². The lowest BCUT2D eigenvalue weighted by atomic mass is 10.0. The maximum absolute atomic E-state index is 12.7. The number of nitrogens with zero attached hydrogens (tertiary/aromatic N) is 4. The van der Waals surface area contributed by atoms with Gasteiger partial charge < -0.3 is 14.9 Å². The Morgan fingerprint density at radius 3 is 2.59 bits per heavy atom. The van der Waals surface area contributed by atoms with Gasteiger partial charge in [0.1, 0.15) is 12.4 Å². The molecule has 2 heterocycles. The highest BCUT2D eigenvalue weighted by Gasteiger charge is 2.26. The smallest absolute Gasteiger partial charge is 0.335 e. The highest BCUT2D eigenvalue weighted by atomic mass is 16.5. The van der Waals surface area contributed by atoms with Crippen molar-refractivity contribution in [2.24, 2.45) is 5.92 Å².